The van der Waals surface area contributed by atoms with Crippen LogP contribution in [-0.2, 0) is 19.1 Å². The predicted octanol–water partition coefficient (Wildman–Crippen LogP) is 5.29. The van der Waals surface area contributed by atoms with Gasteiger partial charge in [0.2, 0.25) is 0 Å². The van der Waals surface area contributed by atoms with E-state index in [0.29, 0.717) is 23.6 Å². The lowest BCUT2D eigenvalue weighted by atomic mass is 9.96. The summed E-state index contributed by atoms with van der Waals surface area (Å²) in [4.78, 5) is 0. The summed E-state index contributed by atoms with van der Waals surface area (Å²) >= 11 is 0. The third-order valence-corrected chi connectivity index (χ3v) is 3.63. The van der Waals surface area contributed by atoms with Gasteiger partial charge in [-0.25, -0.2) is 0 Å². The van der Waals surface area contributed by atoms with E-state index in [1.54, 1.807) is 7.05 Å². The normalized spacial score (nSPS) is 12.0. The molecule has 0 fully saturated rings. The molecule has 4 heteroatoms. The molecule has 1 nitrogen and oxygen atoms in total. The summed E-state index contributed by atoms with van der Waals surface area (Å²) in [5, 5.41) is 2.90. The van der Waals surface area contributed by atoms with Gasteiger partial charge < -0.3 is 5.32 Å². The van der Waals surface area contributed by atoms with Crippen LogP contribution in [0.3, 0.4) is 0 Å². The first-order valence-electron chi connectivity index (χ1n) is 7.74. The first kappa shape index (κ1) is 17.5. The highest BCUT2D eigenvalue weighted by atomic mass is 19.4. The molecule has 0 bridgehead atoms. The lowest BCUT2D eigenvalue weighted by molar-refractivity contribution is -0.137. The SMILES string of the molecule is CNCc1cc(-c2ccc(CC(C)C)cc2)cc(C(F)(F)F)c1. The monoisotopic (exact) mass is 321 g/mol. The van der Waals surface area contributed by atoms with Crippen molar-refractivity contribution < 1.29 is 13.2 Å². The maximum Gasteiger partial charge on any atom is 0.416 e. The fraction of sp³-hybridized carbons (Fsp3) is 0.368. The van der Waals surface area contributed by atoms with E-state index < -0.39 is 11.7 Å². The van der Waals surface area contributed by atoms with Crippen molar-refractivity contribution in [3.05, 3.63) is 59.2 Å². The lowest BCUT2D eigenvalue weighted by Crippen LogP contribution is -2.09. The molecule has 0 atom stereocenters. The fourth-order valence-corrected chi connectivity index (χ4v) is 2.63. The van der Waals surface area contributed by atoms with Crippen LogP contribution < -0.4 is 5.32 Å². The van der Waals surface area contributed by atoms with Crippen molar-refractivity contribution in [3.8, 4) is 11.1 Å². The molecule has 0 aliphatic carbocycles. The van der Waals surface area contributed by atoms with Crippen LogP contribution in [0.15, 0.2) is 42.5 Å². The Morgan fingerprint density at radius 2 is 1.57 bits per heavy atom. The Hall–Kier alpha value is -1.81. The van der Waals surface area contributed by atoms with Gasteiger partial charge in [-0.15, -0.1) is 0 Å². The van der Waals surface area contributed by atoms with Crippen LogP contribution in [-0.4, -0.2) is 7.05 Å². The van der Waals surface area contributed by atoms with Crippen molar-refractivity contribution in [3.63, 3.8) is 0 Å². The van der Waals surface area contributed by atoms with Crippen molar-refractivity contribution >= 4 is 0 Å². The van der Waals surface area contributed by atoms with Crippen LogP contribution in [0.2, 0.25) is 0 Å². The van der Waals surface area contributed by atoms with Crippen molar-refractivity contribution in [2.45, 2.75) is 33.0 Å². The Morgan fingerprint density at radius 3 is 2.09 bits per heavy atom. The molecule has 0 aliphatic rings. The van der Waals surface area contributed by atoms with Crippen LogP contribution in [0.25, 0.3) is 11.1 Å². The van der Waals surface area contributed by atoms with Gasteiger partial charge >= 0.3 is 6.18 Å². The number of benzene rings is 2. The van der Waals surface area contributed by atoms with Crippen LogP contribution in [0.1, 0.15) is 30.5 Å². The highest BCUT2D eigenvalue weighted by molar-refractivity contribution is 5.65. The van der Waals surface area contributed by atoms with E-state index in [0.717, 1.165) is 12.0 Å². The Kier molecular flexibility index (Phi) is 5.47. The first-order valence-corrected chi connectivity index (χ1v) is 7.74. The van der Waals surface area contributed by atoms with Gasteiger partial charge in [-0.05, 0) is 59.8 Å². The minimum atomic E-state index is -4.34. The molecule has 124 valence electrons. The van der Waals surface area contributed by atoms with E-state index in [2.05, 4.69) is 19.2 Å². The number of nitrogens with one attached hydrogen (secondary N) is 1. The van der Waals surface area contributed by atoms with Gasteiger partial charge in [-0.1, -0.05) is 38.1 Å². The zero-order chi connectivity index (χ0) is 17.0. The molecular weight excluding hydrogens is 299 g/mol. The summed E-state index contributed by atoms with van der Waals surface area (Å²) in [5.41, 5.74) is 2.63. The second-order valence-electron chi connectivity index (χ2n) is 6.24. The fourth-order valence-electron chi connectivity index (χ4n) is 2.63. The van der Waals surface area contributed by atoms with Crippen LogP contribution >= 0.6 is 0 Å². The minimum absolute atomic E-state index is 0.405. The van der Waals surface area contributed by atoms with Crippen LogP contribution in [0, 0.1) is 5.92 Å². The average Bonchev–Trinajstić information content (AvgIpc) is 2.46. The number of rotatable bonds is 5. The van der Waals surface area contributed by atoms with Gasteiger partial charge in [0.25, 0.3) is 0 Å². The Balaban J connectivity index is 2.39. The van der Waals surface area contributed by atoms with Crippen molar-refractivity contribution in [1.29, 1.82) is 0 Å². The summed E-state index contributed by atoms with van der Waals surface area (Å²) in [6.07, 6.45) is -3.37. The molecule has 0 aliphatic heterocycles. The molecular formula is C19H22F3N. The van der Waals surface area contributed by atoms with Crippen LogP contribution in [0.4, 0.5) is 13.2 Å². The second kappa shape index (κ2) is 7.18. The highest BCUT2D eigenvalue weighted by Gasteiger charge is 2.31. The topological polar surface area (TPSA) is 12.0 Å². The highest BCUT2D eigenvalue weighted by Crippen LogP contribution is 2.33. The van der Waals surface area contributed by atoms with Gasteiger partial charge in [-0.3, -0.25) is 0 Å². The molecule has 0 spiro atoms. The van der Waals surface area contributed by atoms with E-state index in [-0.39, 0.29) is 0 Å². The molecule has 2 aromatic rings. The number of halogens is 3. The molecule has 2 aromatic carbocycles. The zero-order valence-electron chi connectivity index (χ0n) is 13.7. The summed E-state index contributed by atoms with van der Waals surface area (Å²) in [6, 6.07) is 12.0. The Bertz CT molecular complexity index is 643. The van der Waals surface area contributed by atoms with E-state index in [4.69, 9.17) is 0 Å². The van der Waals surface area contributed by atoms with Crippen molar-refractivity contribution in [2.24, 2.45) is 5.92 Å². The molecule has 1 N–H and O–H groups in total. The van der Waals surface area contributed by atoms with E-state index in [9.17, 15) is 13.2 Å². The van der Waals surface area contributed by atoms with Crippen LogP contribution in [0.5, 0.6) is 0 Å². The Morgan fingerprint density at radius 1 is 0.913 bits per heavy atom. The summed E-state index contributed by atoms with van der Waals surface area (Å²) < 4.78 is 39.3. The lowest BCUT2D eigenvalue weighted by Gasteiger charge is -2.13. The minimum Gasteiger partial charge on any atom is -0.316 e. The molecule has 2 rings (SSSR count). The summed E-state index contributed by atoms with van der Waals surface area (Å²) in [6.45, 7) is 4.69. The molecule has 0 aromatic heterocycles. The summed E-state index contributed by atoms with van der Waals surface area (Å²) in [7, 11) is 1.72. The van der Waals surface area contributed by atoms with Crippen molar-refractivity contribution in [1.82, 2.24) is 5.32 Å². The molecule has 0 unspecified atom stereocenters. The first-order chi connectivity index (χ1) is 10.8. The average molecular weight is 321 g/mol. The zero-order valence-corrected chi connectivity index (χ0v) is 13.7. The van der Waals surface area contributed by atoms with Crippen molar-refractivity contribution in [2.75, 3.05) is 7.05 Å². The Labute approximate surface area is 135 Å². The second-order valence-corrected chi connectivity index (χ2v) is 6.24. The standard InChI is InChI=1S/C19H22F3N/c1-13(2)8-14-4-6-16(7-5-14)17-9-15(12-23-3)10-18(11-17)19(20,21)22/h4-7,9-11,13,23H,8,12H2,1-3H3. The smallest absolute Gasteiger partial charge is 0.316 e. The van der Waals surface area contributed by atoms with Gasteiger partial charge in [0.1, 0.15) is 0 Å². The molecule has 23 heavy (non-hydrogen) atoms. The number of hydrogen-bond donors (Lipinski definition) is 1. The molecule has 0 amide bonds. The van der Waals surface area contributed by atoms with E-state index >= 15 is 0 Å². The predicted molar refractivity (Wildman–Crippen MR) is 88.2 cm³/mol. The number of alkyl halides is 3. The van der Waals surface area contributed by atoms with Gasteiger partial charge in [-0.2, -0.15) is 13.2 Å². The molecule has 0 radical (unpaired) electrons. The van der Waals surface area contributed by atoms with E-state index in [1.165, 1.54) is 17.7 Å². The maximum absolute atomic E-state index is 13.1. The third-order valence-electron chi connectivity index (χ3n) is 3.63. The third kappa shape index (κ3) is 4.83. The van der Waals surface area contributed by atoms with E-state index in [1.807, 2.05) is 30.3 Å². The van der Waals surface area contributed by atoms with Gasteiger partial charge in [0, 0.05) is 6.54 Å². The molecule has 0 saturated heterocycles. The molecule has 0 heterocycles. The largest absolute Gasteiger partial charge is 0.416 e. The molecule has 0 saturated carbocycles. The maximum atomic E-state index is 13.1. The van der Waals surface area contributed by atoms with Gasteiger partial charge in [0.15, 0.2) is 0 Å². The summed E-state index contributed by atoms with van der Waals surface area (Å²) in [5.74, 6) is 0.552. The quantitative estimate of drug-likeness (QED) is 0.789. The van der Waals surface area contributed by atoms with Gasteiger partial charge in [0.05, 0.1) is 5.56 Å². The number of hydrogen-bond acceptors (Lipinski definition) is 1.